The molecular formula is C12H19N3O3. The molecule has 1 saturated heterocycles. The average Bonchev–Trinajstić information content (AvgIpc) is 2.75. The molecule has 100 valence electrons. The molecule has 0 amide bonds. The number of esters is 1. The molecule has 0 radical (unpaired) electrons. The van der Waals surface area contributed by atoms with Gasteiger partial charge in [0.25, 0.3) is 6.01 Å². The molecule has 0 unspecified atom stereocenters. The molecule has 1 fully saturated rings. The number of ether oxygens (including phenoxy) is 1. The van der Waals surface area contributed by atoms with Crippen molar-refractivity contribution in [2.45, 2.75) is 26.3 Å². The first-order valence-electron chi connectivity index (χ1n) is 6.36. The van der Waals surface area contributed by atoms with E-state index in [9.17, 15) is 4.79 Å². The lowest BCUT2D eigenvalue weighted by molar-refractivity contribution is 0.0519. The first kappa shape index (κ1) is 12.9. The van der Waals surface area contributed by atoms with E-state index in [4.69, 9.17) is 9.15 Å². The van der Waals surface area contributed by atoms with E-state index in [-0.39, 0.29) is 5.69 Å². The van der Waals surface area contributed by atoms with Gasteiger partial charge >= 0.3 is 5.97 Å². The van der Waals surface area contributed by atoms with Crippen molar-refractivity contribution in [2.75, 3.05) is 31.1 Å². The van der Waals surface area contributed by atoms with Crippen LogP contribution < -0.4 is 10.2 Å². The molecule has 1 aliphatic heterocycles. The Labute approximate surface area is 106 Å². The molecule has 6 heteroatoms. The minimum atomic E-state index is -0.435. The number of aromatic nitrogens is 1. The molecule has 2 heterocycles. The molecule has 0 aliphatic carbocycles. The molecule has 1 aromatic rings. The molecule has 18 heavy (non-hydrogen) atoms. The van der Waals surface area contributed by atoms with Crippen molar-refractivity contribution in [3.05, 3.63) is 12.0 Å². The van der Waals surface area contributed by atoms with Crippen LogP contribution in [0, 0.1) is 0 Å². The SMILES string of the molecule is CCCN(c1nc(C(=O)OCC)co1)C1CNC1. The highest BCUT2D eigenvalue weighted by Gasteiger charge is 2.28. The first-order valence-corrected chi connectivity index (χ1v) is 6.36. The number of carbonyl (C=O) groups is 1. The molecule has 6 nitrogen and oxygen atoms in total. The molecule has 0 bridgehead atoms. The Morgan fingerprint density at radius 2 is 2.39 bits per heavy atom. The van der Waals surface area contributed by atoms with Crippen molar-refractivity contribution in [1.29, 1.82) is 0 Å². The summed E-state index contributed by atoms with van der Waals surface area (Å²) in [6, 6.07) is 0.907. The second kappa shape index (κ2) is 5.86. The zero-order valence-corrected chi connectivity index (χ0v) is 10.8. The monoisotopic (exact) mass is 253 g/mol. The average molecular weight is 253 g/mol. The van der Waals surface area contributed by atoms with E-state index in [0.717, 1.165) is 26.1 Å². The second-order valence-electron chi connectivity index (χ2n) is 4.24. The van der Waals surface area contributed by atoms with Crippen LogP contribution in [0.25, 0.3) is 0 Å². The molecule has 1 aromatic heterocycles. The summed E-state index contributed by atoms with van der Waals surface area (Å²) >= 11 is 0. The Hall–Kier alpha value is -1.56. The van der Waals surface area contributed by atoms with Crippen LogP contribution in [0.4, 0.5) is 6.01 Å². The number of carbonyl (C=O) groups excluding carboxylic acids is 1. The number of oxazole rings is 1. The van der Waals surface area contributed by atoms with Gasteiger partial charge in [-0.1, -0.05) is 6.92 Å². The maximum atomic E-state index is 11.5. The normalized spacial score (nSPS) is 15.2. The quantitative estimate of drug-likeness (QED) is 0.764. The van der Waals surface area contributed by atoms with Gasteiger partial charge in [0.15, 0.2) is 5.69 Å². The van der Waals surface area contributed by atoms with Crippen LogP contribution in [0.15, 0.2) is 10.7 Å². The first-order chi connectivity index (χ1) is 8.76. The standard InChI is InChI=1S/C12H19N3O3/c1-3-5-15(9-6-13-7-9)12-14-10(8-18-12)11(16)17-4-2/h8-9,13H,3-7H2,1-2H3. The van der Waals surface area contributed by atoms with Gasteiger partial charge < -0.3 is 19.4 Å². The van der Waals surface area contributed by atoms with Crippen LogP contribution in [0.1, 0.15) is 30.8 Å². The Kier molecular flexibility index (Phi) is 4.19. The lowest BCUT2D eigenvalue weighted by Gasteiger charge is -2.37. The molecule has 0 atom stereocenters. The topological polar surface area (TPSA) is 67.6 Å². The molecular weight excluding hydrogens is 234 g/mol. The number of rotatable bonds is 6. The zero-order valence-electron chi connectivity index (χ0n) is 10.8. The van der Waals surface area contributed by atoms with E-state index in [2.05, 4.69) is 22.1 Å². The predicted molar refractivity (Wildman–Crippen MR) is 66.8 cm³/mol. The molecule has 1 aliphatic rings. The summed E-state index contributed by atoms with van der Waals surface area (Å²) in [5.41, 5.74) is 0.236. The molecule has 1 N–H and O–H groups in total. The van der Waals surface area contributed by atoms with Gasteiger partial charge in [0.1, 0.15) is 6.26 Å². The minimum Gasteiger partial charge on any atom is -0.461 e. The van der Waals surface area contributed by atoms with Crippen molar-refractivity contribution < 1.29 is 13.9 Å². The maximum absolute atomic E-state index is 11.5. The Morgan fingerprint density at radius 1 is 1.61 bits per heavy atom. The maximum Gasteiger partial charge on any atom is 0.360 e. The number of nitrogens with one attached hydrogen (secondary N) is 1. The van der Waals surface area contributed by atoms with Crippen molar-refractivity contribution in [3.63, 3.8) is 0 Å². The van der Waals surface area contributed by atoms with E-state index in [1.54, 1.807) is 6.92 Å². The van der Waals surface area contributed by atoms with Crippen LogP contribution >= 0.6 is 0 Å². The number of nitrogens with zero attached hydrogens (tertiary/aromatic N) is 2. The second-order valence-corrected chi connectivity index (χ2v) is 4.24. The molecule has 0 spiro atoms. The fraction of sp³-hybridized carbons (Fsp3) is 0.667. The Balaban J connectivity index is 2.08. The van der Waals surface area contributed by atoms with Crippen LogP contribution in [-0.4, -0.2) is 43.2 Å². The van der Waals surface area contributed by atoms with E-state index in [0.29, 0.717) is 18.7 Å². The van der Waals surface area contributed by atoms with Crippen LogP contribution in [0.3, 0.4) is 0 Å². The Morgan fingerprint density at radius 3 is 2.94 bits per heavy atom. The minimum absolute atomic E-state index is 0.236. The lowest BCUT2D eigenvalue weighted by atomic mass is 10.1. The largest absolute Gasteiger partial charge is 0.461 e. The lowest BCUT2D eigenvalue weighted by Crippen LogP contribution is -2.57. The fourth-order valence-electron chi connectivity index (χ4n) is 1.86. The fourth-order valence-corrected chi connectivity index (χ4v) is 1.86. The van der Waals surface area contributed by atoms with Gasteiger partial charge in [-0.2, -0.15) is 4.98 Å². The summed E-state index contributed by atoms with van der Waals surface area (Å²) in [7, 11) is 0. The summed E-state index contributed by atoms with van der Waals surface area (Å²) in [5, 5.41) is 3.22. The summed E-state index contributed by atoms with van der Waals surface area (Å²) in [6.07, 6.45) is 2.37. The van der Waals surface area contributed by atoms with Crippen molar-refractivity contribution in [3.8, 4) is 0 Å². The van der Waals surface area contributed by atoms with Gasteiger partial charge in [-0.15, -0.1) is 0 Å². The van der Waals surface area contributed by atoms with E-state index >= 15 is 0 Å². The Bertz CT molecular complexity index is 401. The van der Waals surface area contributed by atoms with Crippen molar-refractivity contribution in [2.24, 2.45) is 0 Å². The smallest absolute Gasteiger partial charge is 0.360 e. The van der Waals surface area contributed by atoms with Gasteiger partial charge in [-0.3, -0.25) is 0 Å². The number of hydrogen-bond donors (Lipinski definition) is 1. The predicted octanol–water partition coefficient (Wildman–Crippen LogP) is 1.04. The van der Waals surface area contributed by atoms with E-state index < -0.39 is 5.97 Å². The molecule has 0 saturated carbocycles. The third kappa shape index (κ3) is 2.64. The van der Waals surface area contributed by atoms with Crippen molar-refractivity contribution in [1.82, 2.24) is 10.3 Å². The molecule has 0 aromatic carbocycles. The van der Waals surface area contributed by atoms with E-state index in [1.165, 1.54) is 6.26 Å². The van der Waals surface area contributed by atoms with Gasteiger partial charge in [-0.25, -0.2) is 4.79 Å². The number of anilines is 1. The summed E-state index contributed by atoms with van der Waals surface area (Å²) < 4.78 is 10.3. The van der Waals surface area contributed by atoms with Crippen molar-refractivity contribution >= 4 is 12.0 Å². The van der Waals surface area contributed by atoms with Crippen LogP contribution in [0.2, 0.25) is 0 Å². The number of hydrogen-bond acceptors (Lipinski definition) is 6. The summed E-state index contributed by atoms with van der Waals surface area (Å²) in [4.78, 5) is 17.8. The molecule has 2 rings (SSSR count). The third-order valence-corrected chi connectivity index (χ3v) is 2.89. The van der Waals surface area contributed by atoms with Gasteiger partial charge in [0, 0.05) is 19.6 Å². The highest BCUT2D eigenvalue weighted by molar-refractivity contribution is 5.87. The highest BCUT2D eigenvalue weighted by atomic mass is 16.5. The van der Waals surface area contributed by atoms with Gasteiger partial charge in [0.05, 0.1) is 12.6 Å². The summed E-state index contributed by atoms with van der Waals surface area (Å²) in [5.74, 6) is -0.435. The third-order valence-electron chi connectivity index (χ3n) is 2.89. The van der Waals surface area contributed by atoms with Crippen LogP contribution in [-0.2, 0) is 4.74 Å². The van der Waals surface area contributed by atoms with Crippen LogP contribution in [0.5, 0.6) is 0 Å². The van der Waals surface area contributed by atoms with E-state index in [1.807, 2.05) is 0 Å². The summed E-state index contributed by atoms with van der Waals surface area (Å²) in [6.45, 7) is 6.94. The highest BCUT2D eigenvalue weighted by Crippen LogP contribution is 2.19. The van der Waals surface area contributed by atoms with Gasteiger partial charge in [0.2, 0.25) is 0 Å². The van der Waals surface area contributed by atoms with Gasteiger partial charge in [-0.05, 0) is 13.3 Å². The zero-order chi connectivity index (χ0) is 13.0.